The fraction of sp³-hybridized carbons (Fsp3) is 0.519. The van der Waals surface area contributed by atoms with Crippen molar-refractivity contribution in [2.45, 2.75) is 53.0 Å². The molecule has 42 heavy (non-hydrogen) atoms. The summed E-state index contributed by atoms with van der Waals surface area (Å²) in [6.07, 6.45) is -0.455. The van der Waals surface area contributed by atoms with Crippen LogP contribution in [0.3, 0.4) is 0 Å². The first-order chi connectivity index (χ1) is 19.7. The predicted octanol–water partition coefficient (Wildman–Crippen LogP) is 3.54. The highest BCUT2D eigenvalue weighted by Gasteiger charge is 2.48. The SMILES string of the molecule is CCN(CC)C[C@H]1CN(C(=O)C[C@H](CSc2ccccc2)Cc2ccc(S(N)(=O)=O)cc2S(=O)(=O)C(F)(F)F)CCO1. The molecule has 2 atom stereocenters. The number of primary sulfonamides is 1. The number of hydrogen-bond donors (Lipinski definition) is 1. The van der Waals surface area contributed by atoms with Gasteiger partial charge in [-0.25, -0.2) is 22.0 Å². The van der Waals surface area contributed by atoms with Gasteiger partial charge in [-0.15, -0.1) is 11.8 Å². The molecule has 2 aromatic rings. The smallest absolute Gasteiger partial charge is 0.373 e. The molecule has 0 aromatic heterocycles. The van der Waals surface area contributed by atoms with Crippen molar-refractivity contribution in [3.63, 3.8) is 0 Å². The average Bonchev–Trinajstić information content (AvgIpc) is 2.94. The van der Waals surface area contributed by atoms with Gasteiger partial charge in [0.25, 0.3) is 9.84 Å². The highest BCUT2D eigenvalue weighted by Crippen LogP contribution is 2.35. The molecule has 0 spiro atoms. The molecule has 0 bridgehead atoms. The van der Waals surface area contributed by atoms with E-state index in [-0.39, 0.29) is 30.4 Å². The Balaban J connectivity index is 1.91. The highest BCUT2D eigenvalue weighted by atomic mass is 32.2. The van der Waals surface area contributed by atoms with Crippen molar-refractivity contribution in [2.24, 2.45) is 11.1 Å². The third-order valence-corrected chi connectivity index (χ3v) is 10.7. The first kappa shape index (κ1) is 34.3. The number of carbonyl (C=O) groups is 1. The Kier molecular flexibility index (Phi) is 11.9. The van der Waals surface area contributed by atoms with E-state index in [1.54, 1.807) is 4.90 Å². The van der Waals surface area contributed by atoms with Crippen LogP contribution in [0.25, 0.3) is 0 Å². The van der Waals surface area contributed by atoms with E-state index in [1.165, 1.54) is 11.8 Å². The molecule has 0 saturated carbocycles. The maximum absolute atomic E-state index is 13.6. The van der Waals surface area contributed by atoms with E-state index < -0.39 is 41.1 Å². The van der Waals surface area contributed by atoms with Crippen molar-refractivity contribution >= 4 is 37.5 Å². The Labute approximate surface area is 249 Å². The zero-order valence-electron chi connectivity index (χ0n) is 23.4. The second-order valence-electron chi connectivity index (χ2n) is 9.98. The standard InChI is InChI=1S/C27H36F3N3O6S3/c1-3-32(4-2)17-22-18-33(12-13-39-22)26(34)15-20(19-40-23-8-6-5-7-9-23)14-21-10-11-24(42(31,37)38)16-25(21)41(35,36)27(28,29)30/h5-11,16,20,22H,3-4,12-15,17-19H2,1-2H3,(H2,31,37,38)/t20-,22+/m1/s1. The molecule has 1 aliphatic rings. The van der Waals surface area contributed by atoms with E-state index in [0.29, 0.717) is 38.1 Å². The molecule has 1 amide bonds. The van der Waals surface area contributed by atoms with Crippen molar-refractivity contribution < 1.29 is 39.5 Å². The van der Waals surface area contributed by atoms with Gasteiger partial charge >= 0.3 is 5.51 Å². The monoisotopic (exact) mass is 651 g/mol. The van der Waals surface area contributed by atoms with Crippen molar-refractivity contribution in [1.82, 2.24) is 9.80 Å². The lowest BCUT2D eigenvalue weighted by atomic mass is 9.97. The van der Waals surface area contributed by atoms with Gasteiger partial charge in [-0.2, -0.15) is 13.2 Å². The van der Waals surface area contributed by atoms with Crippen LogP contribution in [0, 0.1) is 5.92 Å². The van der Waals surface area contributed by atoms with Gasteiger partial charge in [0, 0.05) is 36.7 Å². The summed E-state index contributed by atoms with van der Waals surface area (Å²) in [5.41, 5.74) is -5.91. The number of carbonyl (C=O) groups excluding carboxylic acids is 1. The maximum Gasteiger partial charge on any atom is 0.501 e. The number of nitrogens with zero attached hydrogens (tertiary/aromatic N) is 2. The van der Waals surface area contributed by atoms with Crippen LogP contribution in [-0.4, -0.2) is 89.2 Å². The van der Waals surface area contributed by atoms with Crippen molar-refractivity contribution in [3.05, 3.63) is 54.1 Å². The molecular weight excluding hydrogens is 616 g/mol. The van der Waals surface area contributed by atoms with Gasteiger partial charge in [0.15, 0.2) is 0 Å². The number of halogens is 3. The molecule has 0 radical (unpaired) electrons. The summed E-state index contributed by atoms with van der Waals surface area (Å²) < 4.78 is 95.4. The number of amides is 1. The van der Waals surface area contributed by atoms with E-state index in [4.69, 9.17) is 9.88 Å². The lowest BCUT2D eigenvalue weighted by Crippen LogP contribution is -2.50. The molecule has 1 saturated heterocycles. The molecule has 2 aromatic carbocycles. The van der Waals surface area contributed by atoms with Crippen LogP contribution in [-0.2, 0) is 35.8 Å². The van der Waals surface area contributed by atoms with Gasteiger partial charge < -0.3 is 14.5 Å². The number of thioether (sulfide) groups is 1. The molecule has 1 aliphatic heterocycles. The Bertz CT molecular complexity index is 1420. The van der Waals surface area contributed by atoms with Crippen LogP contribution in [0.15, 0.2) is 63.2 Å². The summed E-state index contributed by atoms with van der Waals surface area (Å²) in [4.78, 5) is 16.2. The predicted molar refractivity (Wildman–Crippen MR) is 154 cm³/mol. The van der Waals surface area contributed by atoms with Crippen LogP contribution < -0.4 is 5.14 Å². The average molecular weight is 652 g/mol. The van der Waals surface area contributed by atoms with Crippen molar-refractivity contribution in [2.75, 3.05) is 45.1 Å². The first-order valence-corrected chi connectivity index (χ1v) is 17.4. The fourth-order valence-electron chi connectivity index (χ4n) is 4.69. The number of benzene rings is 2. The van der Waals surface area contributed by atoms with Gasteiger partial charge in [0.05, 0.1) is 22.5 Å². The number of ether oxygens (including phenoxy) is 1. The van der Waals surface area contributed by atoms with E-state index in [2.05, 4.69) is 4.90 Å². The van der Waals surface area contributed by atoms with Crippen LogP contribution in [0.5, 0.6) is 0 Å². The second kappa shape index (κ2) is 14.5. The van der Waals surface area contributed by atoms with Gasteiger partial charge in [0.1, 0.15) is 0 Å². The second-order valence-corrected chi connectivity index (χ2v) is 14.5. The summed E-state index contributed by atoms with van der Waals surface area (Å²) in [5, 5.41) is 5.08. The van der Waals surface area contributed by atoms with Gasteiger partial charge in [-0.3, -0.25) is 4.79 Å². The summed E-state index contributed by atoms with van der Waals surface area (Å²) in [6, 6.07) is 11.6. The van der Waals surface area contributed by atoms with Crippen molar-refractivity contribution in [1.29, 1.82) is 0 Å². The summed E-state index contributed by atoms with van der Waals surface area (Å²) in [7, 11) is -10.4. The molecule has 1 fully saturated rings. The zero-order valence-corrected chi connectivity index (χ0v) is 25.9. The lowest BCUT2D eigenvalue weighted by molar-refractivity contribution is -0.140. The Morgan fingerprint density at radius 1 is 1.12 bits per heavy atom. The molecule has 1 heterocycles. The largest absolute Gasteiger partial charge is 0.501 e. The van der Waals surface area contributed by atoms with Crippen molar-refractivity contribution in [3.8, 4) is 0 Å². The number of sulfonamides is 1. The molecule has 15 heteroatoms. The zero-order chi connectivity index (χ0) is 31.1. The van der Waals surface area contributed by atoms with Gasteiger partial charge in [0.2, 0.25) is 15.9 Å². The van der Waals surface area contributed by atoms with E-state index in [9.17, 15) is 34.8 Å². The van der Waals surface area contributed by atoms with Crippen LogP contribution in [0.2, 0.25) is 0 Å². The summed E-state index contributed by atoms with van der Waals surface area (Å²) >= 11 is 1.39. The topological polar surface area (TPSA) is 127 Å². The Morgan fingerprint density at radius 3 is 2.38 bits per heavy atom. The van der Waals surface area contributed by atoms with Gasteiger partial charge in [-0.1, -0.05) is 38.1 Å². The summed E-state index contributed by atoms with van der Waals surface area (Å²) in [6.45, 7) is 7.46. The van der Waals surface area contributed by atoms with E-state index >= 15 is 0 Å². The molecule has 0 unspecified atom stereocenters. The number of alkyl halides is 3. The normalized spacial score (nSPS) is 17.4. The quantitative estimate of drug-likeness (QED) is 0.326. The van der Waals surface area contributed by atoms with Crippen LogP contribution in [0.1, 0.15) is 25.8 Å². The third kappa shape index (κ3) is 9.16. The van der Waals surface area contributed by atoms with Gasteiger partial charge in [-0.05, 0) is 55.3 Å². The minimum atomic E-state index is -5.92. The number of nitrogens with two attached hydrogens (primary N) is 1. The molecule has 3 rings (SSSR count). The van der Waals surface area contributed by atoms with Crippen LogP contribution in [0.4, 0.5) is 13.2 Å². The molecule has 0 aliphatic carbocycles. The number of sulfone groups is 1. The Morgan fingerprint density at radius 2 is 1.79 bits per heavy atom. The number of morpholine rings is 1. The Hall–Kier alpha value is -2.17. The summed E-state index contributed by atoms with van der Waals surface area (Å²) in [5.74, 6) is -0.497. The molecule has 9 nitrogen and oxygen atoms in total. The number of likely N-dealkylation sites (N-methyl/N-ethyl adjacent to an activating group) is 1. The maximum atomic E-state index is 13.6. The van der Waals surface area contributed by atoms with E-state index in [1.807, 2.05) is 44.2 Å². The molecular formula is C27H36F3N3O6S3. The van der Waals surface area contributed by atoms with E-state index in [0.717, 1.165) is 30.1 Å². The molecule has 234 valence electrons. The lowest BCUT2D eigenvalue weighted by Gasteiger charge is -2.36. The number of hydrogen-bond acceptors (Lipinski definition) is 8. The van der Waals surface area contributed by atoms with Crippen LogP contribution >= 0.6 is 11.8 Å². The fourth-order valence-corrected chi connectivity index (χ4v) is 7.35. The minimum absolute atomic E-state index is 0.0553. The minimum Gasteiger partial charge on any atom is -0.373 e. The first-order valence-electron chi connectivity index (χ1n) is 13.4. The number of rotatable bonds is 13. The highest BCUT2D eigenvalue weighted by molar-refractivity contribution is 7.99. The third-order valence-electron chi connectivity index (χ3n) is 7.01. The molecule has 2 N–H and O–H groups in total.